The summed E-state index contributed by atoms with van der Waals surface area (Å²) in [5.74, 6) is 1.64. The topological polar surface area (TPSA) is 122 Å². The van der Waals surface area contributed by atoms with Crippen molar-refractivity contribution in [3.63, 3.8) is 0 Å². The zero-order valence-corrected chi connectivity index (χ0v) is 18.1. The molecule has 164 valence electrons. The Labute approximate surface area is 186 Å². The van der Waals surface area contributed by atoms with Gasteiger partial charge in [0.15, 0.2) is 5.82 Å². The molecule has 0 radical (unpaired) electrons. The van der Waals surface area contributed by atoms with E-state index in [0.717, 1.165) is 16.8 Å². The molecule has 9 nitrogen and oxygen atoms in total. The Morgan fingerprint density at radius 1 is 1.03 bits per heavy atom. The van der Waals surface area contributed by atoms with E-state index in [2.05, 4.69) is 30.2 Å². The molecule has 0 aliphatic heterocycles. The van der Waals surface area contributed by atoms with E-state index in [-0.39, 0.29) is 12.4 Å². The summed E-state index contributed by atoms with van der Waals surface area (Å²) in [7, 11) is -3.47. The van der Waals surface area contributed by atoms with Crippen LogP contribution in [-0.2, 0) is 16.6 Å². The maximum Gasteiger partial charge on any atom is 0.232 e. The number of pyridine rings is 2. The van der Waals surface area contributed by atoms with Gasteiger partial charge in [0, 0.05) is 35.8 Å². The van der Waals surface area contributed by atoms with E-state index >= 15 is 0 Å². The Morgan fingerprint density at radius 3 is 2.69 bits per heavy atom. The number of aromatic amines is 1. The number of H-pyrrole nitrogens is 1. The highest BCUT2D eigenvalue weighted by Crippen LogP contribution is 2.32. The summed E-state index contributed by atoms with van der Waals surface area (Å²) in [6, 6.07) is 16.3. The first-order valence-electron chi connectivity index (χ1n) is 9.92. The molecule has 3 aromatic heterocycles. The zero-order chi connectivity index (χ0) is 22.4. The molecule has 0 fully saturated rings. The number of benzene rings is 1. The summed E-state index contributed by atoms with van der Waals surface area (Å²) in [6.07, 6.45) is 5.07. The van der Waals surface area contributed by atoms with Crippen LogP contribution in [0.4, 0.5) is 17.3 Å². The summed E-state index contributed by atoms with van der Waals surface area (Å²) >= 11 is 0. The van der Waals surface area contributed by atoms with Gasteiger partial charge in [0.05, 0.1) is 17.1 Å². The number of rotatable bonds is 9. The molecule has 0 saturated carbocycles. The number of nitrogens with zero attached hydrogens (tertiary/aromatic N) is 3. The highest BCUT2D eigenvalue weighted by atomic mass is 32.2. The van der Waals surface area contributed by atoms with Crippen LogP contribution in [-0.4, -0.2) is 34.3 Å². The van der Waals surface area contributed by atoms with Crippen LogP contribution in [0.15, 0.2) is 73.2 Å². The minimum absolute atomic E-state index is 0.0418. The van der Waals surface area contributed by atoms with Gasteiger partial charge in [-0.2, -0.15) is 5.10 Å². The van der Waals surface area contributed by atoms with Crippen LogP contribution >= 0.6 is 0 Å². The molecule has 3 N–H and O–H groups in total. The summed E-state index contributed by atoms with van der Waals surface area (Å²) in [5.41, 5.74) is 2.75. The molecule has 0 amide bonds. The largest absolute Gasteiger partial charge is 0.487 e. The predicted molar refractivity (Wildman–Crippen MR) is 123 cm³/mol. The molecule has 0 aliphatic rings. The molecule has 32 heavy (non-hydrogen) atoms. The van der Waals surface area contributed by atoms with Crippen LogP contribution < -0.4 is 14.8 Å². The highest BCUT2D eigenvalue weighted by Gasteiger charge is 2.14. The van der Waals surface area contributed by atoms with Gasteiger partial charge in [0.25, 0.3) is 0 Å². The van der Waals surface area contributed by atoms with Gasteiger partial charge in [-0.25, -0.2) is 13.4 Å². The second-order valence-corrected chi connectivity index (χ2v) is 8.88. The Balaban J connectivity index is 1.60. The van der Waals surface area contributed by atoms with E-state index in [4.69, 9.17) is 4.74 Å². The van der Waals surface area contributed by atoms with Crippen LogP contribution in [0.3, 0.4) is 0 Å². The number of ether oxygens (including phenoxy) is 1. The minimum atomic E-state index is -3.47. The van der Waals surface area contributed by atoms with Crippen LogP contribution in [0.25, 0.3) is 11.3 Å². The number of hydrogen-bond donors (Lipinski definition) is 3. The summed E-state index contributed by atoms with van der Waals surface area (Å²) in [4.78, 5) is 8.30. The Morgan fingerprint density at radius 2 is 1.94 bits per heavy atom. The molecule has 0 aliphatic carbocycles. The van der Waals surface area contributed by atoms with Crippen molar-refractivity contribution in [2.75, 3.05) is 15.8 Å². The summed E-state index contributed by atoms with van der Waals surface area (Å²) in [5, 5.41) is 10.4. The van der Waals surface area contributed by atoms with Gasteiger partial charge >= 0.3 is 0 Å². The van der Waals surface area contributed by atoms with Crippen LogP contribution in [0.1, 0.15) is 12.5 Å². The number of aromatic nitrogens is 4. The zero-order valence-electron chi connectivity index (χ0n) is 17.3. The van der Waals surface area contributed by atoms with E-state index in [1.807, 2.05) is 36.4 Å². The van der Waals surface area contributed by atoms with Crippen molar-refractivity contribution in [3.8, 4) is 17.0 Å². The molecule has 0 spiro atoms. The van der Waals surface area contributed by atoms with Crippen molar-refractivity contribution >= 4 is 27.3 Å². The molecular weight excluding hydrogens is 428 g/mol. The first-order valence-corrected chi connectivity index (χ1v) is 11.6. The van der Waals surface area contributed by atoms with E-state index in [9.17, 15) is 8.42 Å². The monoisotopic (exact) mass is 450 g/mol. The van der Waals surface area contributed by atoms with Crippen LogP contribution in [0, 0.1) is 0 Å². The van der Waals surface area contributed by atoms with Crippen LogP contribution in [0.5, 0.6) is 5.75 Å². The van der Waals surface area contributed by atoms with E-state index in [1.165, 1.54) is 0 Å². The average molecular weight is 451 g/mol. The van der Waals surface area contributed by atoms with Crippen molar-refractivity contribution in [1.29, 1.82) is 0 Å². The van der Waals surface area contributed by atoms with E-state index < -0.39 is 10.0 Å². The Hall–Kier alpha value is -3.92. The number of sulfonamides is 1. The average Bonchev–Trinajstić information content (AvgIpc) is 3.28. The van der Waals surface area contributed by atoms with Gasteiger partial charge in [-0.05, 0) is 37.3 Å². The first kappa shape index (κ1) is 21.3. The summed E-state index contributed by atoms with van der Waals surface area (Å²) < 4.78 is 32.8. The third-order valence-corrected chi connectivity index (χ3v) is 5.85. The molecule has 1 aromatic carbocycles. The SMILES string of the molecule is CCS(=O)(=O)Nc1ccc(-c2cc(Nc3ccccn3)n[nH]2)cc1OCc1cccnc1. The fraction of sp³-hybridized carbons (Fsp3) is 0.136. The van der Waals surface area contributed by atoms with E-state index in [0.29, 0.717) is 23.1 Å². The maximum absolute atomic E-state index is 12.1. The standard InChI is InChI=1S/C22H22N6O3S/c1-2-32(29,30)28-18-9-8-17(12-20(18)31-15-16-6-5-10-23-14-16)19-13-22(27-26-19)25-21-7-3-4-11-24-21/h3-14,28H,2,15H2,1H3,(H2,24,25,26,27). The molecule has 0 atom stereocenters. The van der Waals surface area contributed by atoms with Gasteiger partial charge in [0.1, 0.15) is 18.2 Å². The third kappa shape index (κ3) is 5.41. The number of nitrogens with one attached hydrogen (secondary N) is 3. The Bertz CT molecular complexity index is 1280. The highest BCUT2D eigenvalue weighted by molar-refractivity contribution is 7.92. The second-order valence-electron chi connectivity index (χ2n) is 6.87. The molecule has 0 bridgehead atoms. The second kappa shape index (κ2) is 9.48. The van der Waals surface area contributed by atoms with Gasteiger partial charge in [-0.1, -0.05) is 18.2 Å². The number of hydrogen-bond acceptors (Lipinski definition) is 7. The predicted octanol–water partition coefficient (Wildman–Crippen LogP) is 3.95. The number of anilines is 3. The van der Waals surface area contributed by atoms with Gasteiger partial charge in [-0.15, -0.1) is 0 Å². The fourth-order valence-electron chi connectivity index (χ4n) is 2.88. The van der Waals surface area contributed by atoms with E-state index in [1.54, 1.807) is 43.7 Å². The lowest BCUT2D eigenvalue weighted by atomic mass is 10.1. The molecule has 0 unspecified atom stereocenters. The lowest BCUT2D eigenvalue weighted by Crippen LogP contribution is -2.15. The lowest BCUT2D eigenvalue weighted by Gasteiger charge is -2.14. The first-order chi connectivity index (χ1) is 15.5. The Kier molecular flexibility index (Phi) is 6.31. The quantitative estimate of drug-likeness (QED) is 0.353. The van der Waals surface area contributed by atoms with Crippen molar-refractivity contribution in [1.82, 2.24) is 20.2 Å². The van der Waals surface area contributed by atoms with Crippen molar-refractivity contribution in [2.45, 2.75) is 13.5 Å². The molecular formula is C22H22N6O3S. The molecule has 4 rings (SSSR count). The lowest BCUT2D eigenvalue weighted by molar-refractivity contribution is 0.307. The van der Waals surface area contributed by atoms with Crippen molar-refractivity contribution < 1.29 is 13.2 Å². The van der Waals surface area contributed by atoms with Crippen LogP contribution in [0.2, 0.25) is 0 Å². The van der Waals surface area contributed by atoms with Gasteiger partial charge in [0.2, 0.25) is 10.0 Å². The van der Waals surface area contributed by atoms with Gasteiger partial charge < -0.3 is 10.1 Å². The summed E-state index contributed by atoms with van der Waals surface area (Å²) in [6.45, 7) is 1.82. The molecule has 0 saturated heterocycles. The molecule has 10 heteroatoms. The van der Waals surface area contributed by atoms with Crippen molar-refractivity contribution in [3.05, 3.63) is 78.8 Å². The molecule has 3 heterocycles. The fourth-order valence-corrected chi connectivity index (χ4v) is 3.53. The normalized spacial score (nSPS) is 11.2. The minimum Gasteiger partial charge on any atom is -0.487 e. The maximum atomic E-state index is 12.1. The smallest absolute Gasteiger partial charge is 0.232 e. The van der Waals surface area contributed by atoms with Crippen molar-refractivity contribution in [2.24, 2.45) is 0 Å². The van der Waals surface area contributed by atoms with Gasteiger partial charge in [-0.3, -0.25) is 14.8 Å². The third-order valence-electron chi connectivity index (χ3n) is 4.55. The molecule has 4 aromatic rings.